The molecule has 1 amide bonds. The SMILES string of the molecule is Cc1ccc(C(=O)NCC2(C(C)C)CC2)c(C#CCN)c1. The molecular formula is C18H24N2O. The first-order valence-corrected chi connectivity index (χ1v) is 7.56. The first-order valence-electron chi connectivity index (χ1n) is 7.56. The molecule has 0 aromatic heterocycles. The number of carbonyl (C=O) groups excluding carboxylic acids is 1. The number of carbonyl (C=O) groups is 1. The highest BCUT2D eigenvalue weighted by Crippen LogP contribution is 2.51. The average molecular weight is 284 g/mol. The van der Waals surface area contributed by atoms with E-state index in [1.54, 1.807) is 0 Å². The molecule has 1 aliphatic carbocycles. The second kappa shape index (κ2) is 6.32. The summed E-state index contributed by atoms with van der Waals surface area (Å²) in [6, 6.07) is 5.73. The van der Waals surface area contributed by atoms with Gasteiger partial charge >= 0.3 is 0 Å². The van der Waals surface area contributed by atoms with Crippen LogP contribution >= 0.6 is 0 Å². The van der Waals surface area contributed by atoms with Crippen molar-refractivity contribution in [3.63, 3.8) is 0 Å². The van der Waals surface area contributed by atoms with Gasteiger partial charge in [-0.15, -0.1) is 0 Å². The highest BCUT2D eigenvalue weighted by atomic mass is 16.1. The predicted octanol–water partition coefficient (Wildman–Crippen LogP) is 2.47. The Labute approximate surface area is 127 Å². The van der Waals surface area contributed by atoms with Crippen molar-refractivity contribution in [2.45, 2.75) is 33.6 Å². The minimum Gasteiger partial charge on any atom is -0.351 e. The molecule has 3 nitrogen and oxygen atoms in total. The average Bonchev–Trinajstić information content (AvgIpc) is 3.24. The molecule has 0 aliphatic heterocycles. The topological polar surface area (TPSA) is 55.1 Å². The van der Waals surface area contributed by atoms with Gasteiger partial charge in [0.2, 0.25) is 0 Å². The molecule has 0 atom stereocenters. The van der Waals surface area contributed by atoms with Crippen molar-refractivity contribution in [3.05, 3.63) is 34.9 Å². The smallest absolute Gasteiger partial charge is 0.252 e. The molecule has 0 saturated heterocycles. The van der Waals surface area contributed by atoms with Crippen molar-refractivity contribution in [2.24, 2.45) is 17.1 Å². The van der Waals surface area contributed by atoms with Crippen LogP contribution in [0.25, 0.3) is 0 Å². The quantitative estimate of drug-likeness (QED) is 0.835. The van der Waals surface area contributed by atoms with Gasteiger partial charge in [0.15, 0.2) is 0 Å². The summed E-state index contributed by atoms with van der Waals surface area (Å²) in [7, 11) is 0. The molecule has 112 valence electrons. The number of rotatable bonds is 4. The highest BCUT2D eigenvalue weighted by molar-refractivity contribution is 5.96. The van der Waals surface area contributed by atoms with E-state index in [2.05, 4.69) is 31.0 Å². The zero-order chi connectivity index (χ0) is 15.5. The van der Waals surface area contributed by atoms with Gasteiger partial charge < -0.3 is 11.1 Å². The van der Waals surface area contributed by atoms with Crippen LogP contribution in [0.15, 0.2) is 18.2 Å². The minimum absolute atomic E-state index is 0.0387. The van der Waals surface area contributed by atoms with E-state index >= 15 is 0 Å². The van der Waals surface area contributed by atoms with E-state index in [0.717, 1.165) is 17.7 Å². The largest absolute Gasteiger partial charge is 0.351 e. The molecule has 0 spiro atoms. The van der Waals surface area contributed by atoms with Gasteiger partial charge in [-0.2, -0.15) is 0 Å². The van der Waals surface area contributed by atoms with Crippen LogP contribution in [0.4, 0.5) is 0 Å². The molecular weight excluding hydrogens is 260 g/mol. The molecule has 3 heteroatoms. The van der Waals surface area contributed by atoms with E-state index in [1.165, 1.54) is 12.8 Å². The summed E-state index contributed by atoms with van der Waals surface area (Å²) < 4.78 is 0. The summed E-state index contributed by atoms with van der Waals surface area (Å²) in [6.07, 6.45) is 2.41. The molecule has 0 heterocycles. The highest BCUT2D eigenvalue weighted by Gasteiger charge is 2.45. The van der Waals surface area contributed by atoms with E-state index in [-0.39, 0.29) is 5.91 Å². The molecule has 0 bridgehead atoms. The van der Waals surface area contributed by atoms with E-state index in [9.17, 15) is 4.79 Å². The third-order valence-corrected chi connectivity index (χ3v) is 4.46. The fourth-order valence-electron chi connectivity index (χ4n) is 2.58. The lowest BCUT2D eigenvalue weighted by molar-refractivity contribution is 0.0939. The zero-order valence-corrected chi connectivity index (χ0v) is 13.1. The Morgan fingerprint density at radius 3 is 2.71 bits per heavy atom. The lowest BCUT2D eigenvalue weighted by Gasteiger charge is -2.20. The van der Waals surface area contributed by atoms with Gasteiger partial charge in [0, 0.05) is 12.1 Å². The fourth-order valence-corrected chi connectivity index (χ4v) is 2.58. The molecule has 0 radical (unpaired) electrons. The molecule has 21 heavy (non-hydrogen) atoms. The summed E-state index contributed by atoms with van der Waals surface area (Å²) in [4.78, 5) is 12.4. The van der Waals surface area contributed by atoms with Crippen molar-refractivity contribution >= 4 is 5.91 Å². The fraction of sp³-hybridized carbons (Fsp3) is 0.500. The summed E-state index contributed by atoms with van der Waals surface area (Å²) in [5.41, 5.74) is 8.22. The Balaban J connectivity index is 2.12. The molecule has 1 aromatic carbocycles. The normalized spacial score (nSPS) is 15.3. The van der Waals surface area contributed by atoms with Crippen LogP contribution in [-0.4, -0.2) is 19.0 Å². The van der Waals surface area contributed by atoms with Crippen LogP contribution in [-0.2, 0) is 0 Å². The van der Waals surface area contributed by atoms with Crippen LogP contribution in [0.1, 0.15) is 48.2 Å². The molecule has 1 aliphatic rings. The molecule has 0 unspecified atom stereocenters. The number of aryl methyl sites for hydroxylation is 1. The maximum Gasteiger partial charge on any atom is 0.252 e. The van der Waals surface area contributed by atoms with Crippen LogP contribution < -0.4 is 11.1 Å². The lowest BCUT2D eigenvalue weighted by atomic mass is 9.92. The van der Waals surface area contributed by atoms with Crippen molar-refractivity contribution in [1.82, 2.24) is 5.32 Å². The number of hydrogen-bond acceptors (Lipinski definition) is 2. The maximum absolute atomic E-state index is 12.4. The van der Waals surface area contributed by atoms with Gasteiger partial charge in [-0.25, -0.2) is 0 Å². The number of nitrogens with two attached hydrogens (primary N) is 1. The number of benzene rings is 1. The molecule has 1 fully saturated rings. The van der Waals surface area contributed by atoms with Crippen LogP contribution in [0.3, 0.4) is 0 Å². The zero-order valence-electron chi connectivity index (χ0n) is 13.1. The second-order valence-corrected chi connectivity index (χ2v) is 6.25. The lowest BCUT2D eigenvalue weighted by Crippen LogP contribution is -2.33. The first kappa shape index (κ1) is 15.6. The minimum atomic E-state index is -0.0387. The molecule has 1 saturated carbocycles. The third kappa shape index (κ3) is 3.65. The maximum atomic E-state index is 12.4. The molecule has 3 N–H and O–H groups in total. The van der Waals surface area contributed by atoms with Crippen molar-refractivity contribution < 1.29 is 4.79 Å². The van der Waals surface area contributed by atoms with Crippen LogP contribution in [0, 0.1) is 30.1 Å². The second-order valence-electron chi connectivity index (χ2n) is 6.25. The predicted molar refractivity (Wildman–Crippen MR) is 85.9 cm³/mol. The Morgan fingerprint density at radius 1 is 1.43 bits per heavy atom. The summed E-state index contributed by atoms with van der Waals surface area (Å²) in [6.45, 7) is 7.49. The van der Waals surface area contributed by atoms with Gasteiger partial charge in [0.05, 0.1) is 12.1 Å². The van der Waals surface area contributed by atoms with Crippen molar-refractivity contribution in [1.29, 1.82) is 0 Å². The third-order valence-electron chi connectivity index (χ3n) is 4.46. The van der Waals surface area contributed by atoms with Crippen LogP contribution in [0.2, 0.25) is 0 Å². The van der Waals surface area contributed by atoms with Gasteiger partial charge in [0.1, 0.15) is 0 Å². The van der Waals surface area contributed by atoms with Gasteiger partial charge in [-0.1, -0.05) is 31.8 Å². The number of amides is 1. The number of nitrogens with one attached hydrogen (secondary N) is 1. The Morgan fingerprint density at radius 2 is 2.14 bits per heavy atom. The Kier molecular flexibility index (Phi) is 4.69. The van der Waals surface area contributed by atoms with Crippen molar-refractivity contribution in [3.8, 4) is 11.8 Å². The van der Waals surface area contributed by atoms with Gasteiger partial charge in [-0.3, -0.25) is 4.79 Å². The van der Waals surface area contributed by atoms with Crippen LogP contribution in [0.5, 0.6) is 0 Å². The molecule has 2 rings (SSSR count). The van der Waals surface area contributed by atoms with E-state index in [0.29, 0.717) is 23.4 Å². The van der Waals surface area contributed by atoms with E-state index < -0.39 is 0 Å². The van der Waals surface area contributed by atoms with E-state index in [1.807, 2.05) is 25.1 Å². The standard InChI is InChI=1S/C18H24N2O/c1-13(2)18(8-9-18)12-20-17(21)16-7-6-14(3)11-15(16)5-4-10-19/h6-7,11,13H,8-10,12,19H2,1-3H3,(H,20,21). The monoisotopic (exact) mass is 284 g/mol. The summed E-state index contributed by atoms with van der Waals surface area (Å²) >= 11 is 0. The summed E-state index contributed by atoms with van der Waals surface area (Å²) in [5, 5.41) is 3.08. The molecule has 1 aromatic rings. The first-order chi connectivity index (χ1) is 9.98. The summed E-state index contributed by atoms with van der Waals surface area (Å²) in [5.74, 6) is 6.39. The Hall–Kier alpha value is -1.79. The van der Waals surface area contributed by atoms with Gasteiger partial charge in [-0.05, 0) is 48.8 Å². The van der Waals surface area contributed by atoms with Gasteiger partial charge in [0.25, 0.3) is 5.91 Å². The number of hydrogen-bond donors (Lipinski definition) is 2. The van der Waals surface area contributed by atoms with E-state index in [4.69, 9.17) is 5.73 Å². The van der Waals surface area contributed by atoms with Crippen molar-refractivity contribution in [2.75, 3.05) is 13.1 Å². The Bertz CT molecular complexity index is 589.